The van der Waals surface area contributed by atoms with Gasteiger partial charge in [0.05, 0.1) is 43.8 Å². The van der Waals surface area contributed by atoms with E-state index >= 15 is 0 Å². The largest absolute Gasteiger partial charge is 0.493 e. The van der Waals surface area contributed by atoms with Crippen molar-refractivity contribution in [3.05, 3.63) is 57.8 Å². The number of carbonyl (C=O) groups is 5. The van der Waals surface area contributed by atoms with Gasteiger partial charge in [-0.1, -0.05) is 0 Å². The van der Waals surface area contributed by atoms with E-state index in [9.17, 15) is 24.0 Å². The maximum Gasteiger partial charge on any atom is 0.354 e. The highest BCUT2D eigenvalue weighted by Gasteiger charge is 2.32. The van der Waals surface area contributed by atoms with Crippen molar-refractivity contribution in [2.24, 2.45) is 12.0 Å². The number of thiazole rings is 2. The van der Waals surface area contributed by atoms with Crippen molar-refractivity contribution in [2.75, 3.05) is 43.3 Å². The molecule has 50 heavy (non-hydrogen) atoms. The van der Waals surface area contributed by atoms with E-state index in [1.807, 2.05) is 4.90 Å². The van der Waals surface area contributed by atoms with Crippen molar-refractivity contribution in [3.63, 3.8) is 0 Å². The molecule has 3 aromatic heterocycles. The van der Waals surface area contributed by atoms with Crippen LogP contribution in [-0.4, -0.2) is 88.7 Å². The van der Waals surface area contributed by atoms with Gasteiger partial charge in [0.1, 0.15) is 17.1 Å². The fraction of sp³-hybridized carbons (Fsp3) is 0.312. The molecule has 0 bridgehead atoms. The molecule has 0 spiro atoms. The van der Waals surface area contributed by atoms with Gasteiger partial charge in [-0.3, -0.25) is 29.5 Å². The minimum atomic E-state index is -0.566. The van der Waals surface area contributed by atoms with E-state index in [-0.39, 0.29) is 58.2 Å². The molecule has 0 unspecified atom stereocenters. The number of hydrogen-bond acceptors (Lipinski definition) is 13. The summed E-state index contributed by atoms with van der Waals surface area (Å²) in [6.07, 6.45) is 5.69. The number of hydrogen-bond donors (Lipinski definition) is 3. The quantitative estimate of drug-likeness (QED) is 0.140. The number of ether oxygens (including phenoxy) is 3. The maximum atomic E-state index is 13.1. The van der Waals surface area contributed by atoms with Gasteiger partial charge in [-0.25, -0.2) is 14.8 Å². The van der Waals surface area contributed by atoms with Crippen LogP contribution in [0.5, 0.6) is 11.5 Å². The highest BCUT2D eigenvalue weighted by Crippen LogP contribution is 2.38. The van der Waals surface area contributed by atoms with E-state index in [2.05, 4.69) is 30.9 Å². The Balaban J connectivity index is 0.964. The number of carbonyl (C=O) groups excluding carboxylic acids is 5. The van der Waals surface area contributed by atoms with Gasteiger partial charge >= 0.3 is 5.97 Å². The average molecular weight is 721 g/mol. The predicted molar refractivity (Wildman–Crippen MR) is 185 cm³/mol. The molecule has 0 aliphatic carbocycles. The van der Waals surface area contributed by atoms with E-state index in [0.717, 1.165) is 35.5 Å². The number of rotatable bonds is 12. The fourth-order valence-electron chi connectivity index (χ4n) is 5.38. The van der Waals surface area contributed by atoms with Gasteiger partial charge in [0.2, 0.25) is 5.91 Å². The Morgan fingerprint density at radius 1 is 0.960 bits per heavy atom. The molecule has 0 radical (unpaired) electrons. The fourth-order valence-corrected chi connectivity index (χ4v) is 6.78. The Morgan fingerprint density at radius 3 is 2.40 bits per heavy atom. The van der Waals surface area contributed by atoms with Crippen LogP contribution in [0.15, 0.2) is 40.1 Å². The SMILES string of the molecule is COC(=O)c1cc(NC(=O)c2csc(NC(=O)c3csc(NC(=O)CCCOc4cc5c(cc4OC)C(=O)N4CCC[C@H]4C=N5)n3)n2)cn1C. The Labute approximate surface area is 293 Å². The molecule has 4 aromatic rings. The van der Waals surface area contributed by atoms with Crippen LogP contribution in [0.2, 0.25) is 0 Å². The van der Waals surface area contributed by atoms with E-state index in [1.54, 1.807) is 31.6 Å². The van der Waals surface area contributed by atoms with Crippen LogP contribution in [0.4, 0.5) is 21.6 Å². The Hall–Kier alpha value is -5.62. The molecule has 0 saturated carbocycles. The number of aryl methyl sites for hydroxylation is 1. The molecular formula is C32H32N8O8S2. The summed E-state index contributed by atoms with van der Waals surface area (Å²) in [6, 6.07) is 4.80. The summed E-state index contributed by atoms with van der Waals surface area (Å²) in [5, 5.41) is 11.3. The number of esters is 1. The molecule has 1 fully saturated rings. The molecular weight excluding hydrogens is 689 g/mol. The second kappa shape index (κ2) is 14.9. The number of nitrogens with one attached hydrogen (secondary N) is 3. The first-order valence-corrected chi connectivity index (χ1v) is 17.2. The number of amides is 4. The second-order valence-corrected chi connectivity index (χ2v) is 12.9. The molecule has 5 heterocycles. The van der Waals surface area contributed by atoms with Gasteiger partial charge in [0.25, 0.3) is 17.7 Å². The highest BCUT2D eigenvalue weighted by molar-refractivity contribution is 7.14. The Kier molecular flexibility index (Phi) is 10.2. The van der Waals surface area contributed by atoms with Crippen LogP contribution < -0.4 is 25.4 Å². The lowest BCUT2D eigenvalue weighted by Crippen LogP contribution is -2.35. The normalized spacial score (nSPS) is 14.7. The molecule has 16 nitrogen and oxygen atoms in total. The average Bonchev–Trinajstić information content (AvgIpc) is 3.92. The van der Waals surface area contributed by atoms with Crippen molar-refractivity contribution >= 4 is 80.1 Å². The monoisotopic (exact) mass is 720 g/mol. The zero-order valence-corrected chi connectivity index (χ0v) is 28.8. The summed E-state index contributed by atoms with van der Waals surface area (Å²) in [6.45, 7) is 0.899. The first kappa shape index (κ1) is 34.3. The summed E-state index contributed by atoms with van der Waals surface area (Å²) in [7, 11) is 4.40. The number of anilines is 3. The lowest BCUT2D eigenvalue weighted by Gasteiger charge is -2.20. The molecule has 1 atom stereocenters. The summed E-state index contributed by atoms with van der Waals surface area (Å²) >= 11 is 2.13. The predicted octanol–water partition coefficient (Wildman–Crippen LogP) is 4.36. The standard InChI is InChI=1S/C32H32N8O8S2/c1-39-14-17(10-23(39)30(45)47-3)34-27(42)21-15-50-32(36-21)38-28(43)22-16-49-31(35-22)37-26(41)7-5-9-48-25-12-20-19(11-24(25)46-2)29(44)40-8-4-6-18(40)13-33-20/h10-16,18H,4-9H2,1-3H3,(H,34,42)(H,35,37,41)(H,36,38,43)/t18-/m0/s1. The van der Waals surface area contributed by atoms with Crippen molar-refractivity contribution in [3.8, 4) is 11.5 Å². The van der Waals surface area contributed by atoms with Gasteiger partial charge in [0.15, 0.2) is 21.8 Å². The Bertz CT molecular complexity index is 2000. The number of methoxy groups -OCH3 is 2. The number of aliphatic imine (C=N–C) groups is 1. The van der Waals surface area contributed by atoms with E-state index < -0.39 is 17.8 Å². The number of nitrogens with zero attached hydrogens (tertiary/aromatic N) is 5. The minimum Gasteiger partial charge on any atom is -0.493 e. The van der Waals surface area contributed by atoms with Gasteiger partial charge in [-0.05, 0) is 31.4 Å². The van der Waals surface area contributed by atoms with Crippen LogP contribution in [0.3, 0.4) is 0 Å². The van der Waals surface area contributed by atoms with Crippen LogP contribution in [0.1, 0.15) is 67.5 Å². The minimum absolute atomic E-state index is 0.00844. The third kappa shape index (κ3) is 7.50. The lowest BCUT2D eigenvalue weighted by molar-refractivity contribution is -0.116. The molecule has 1 saturated heterocycles. The molecule has 2 aliphatic rings. The van der Waals surface area contributed by atoms with Crippen LogP contribution in [-0.2, 0) is 16.6 Å². The first-order chi connectivity index (χ1) is 24.1. The first-order valence-electron chi connectivity index (χ1n) is 15.4. The van der Waals surface area contributed by atoms with Gasteiger partial charge in [0, 0.05) is 49.3 Å². The lowest BCUT2D eigenvalue weighted by atomic mass is 10.1. The molecule has 1 aromatic carbocycles. The van der Waals surface area contributed by atoms with Gasteiger partial charge < -0.3 is 34.3 Å². The van der Waals surface area contributed by atoms with Crippen molar-refractivity contribution in [1.82, 2.24) is 19.4 Å². The van der Waals surface area contributed by atoms with Gasteiger partial charge in [-0.2, -0.15) is 0 Å². The summed E-state index contributed by atoms with van der Waals surface area (Å²) < 4.78 is 17.6. The van der Waals surface area contributed by atoms with E-state index in [1.165, 1.54) is 35.6 Å². The van der Waals surface area contributed by atoms with E-state index in [4.69, 9.17) is 14.2 Å². The topological polar surface area (TPSA) is 195 Å². The van der Waals surface area contributed by atoms with Crippen molar-refractivity contribution in [1.29, 1.82) is 0 Å². The summed E-state index contributed by atoms with van der Waals surface area (Å²) in [4.78, 5) is 77.6. The molecule has 260 valence electrons. The van der Waals surface area contributed by atoms with Crippen molar-refractivity contribution < 1.29 is 38.2 Å². The van der Waals surface area contributed by atoms with Crippen molar-refractivity contribution in [2.45, 2.75) is 31.7 Å². The number of benzene rings is 1. The smallest absolute Gasteiger partial charge is 0.354 e. The summed E-state index contributed by atoms with van der Waals surface area (Å²) in [5.41, 5.74) is 1.74. The van der Waals surface area contributed by atoms with Crippen LogP contribution in [0, 0.1) is 0 Å². The number of fused-ring (bicyclic) bond motifs is 2. The van der Waals surface area contributed by atoms with Crippen LogP contribution >= 0.6 is 22.7 Å². The zero-order chi connectivity index (χ0) is 35.4. The molecule has 4 amide bonds. The zero-order valence-electron chi connectivity index (χ0n) is 27.2. The molecule has 2 aliphatic heterocycles. The second-order valence-electron chi connectivity index (χ2n) is 11.2. The highest BCUT2D eigenvalue weighted by atomic mass is 32.1. The third-order valence-corrected chi connectivity index (χ3v) is 9.38. The Morgan fingerprint density at radius 2 is 1.68 bits per heavy atom. The molecule has 18 heteroatoms. The third-order valence-electron chi connectivity index (χ3n) is 7.86. The van der Waals surface area contributed by atoms with Gasteiger partial charge in [-0.15, -0.1) is 22.7 Å². The number of aromatic nitrogens is 3. The van der Waals surface area contributed by atoms with Crippen LogP contribution in [0.25, 0.3) is 0 Å². The maximum absolute atomic E-state index is 13.1. The van der Waals surface area contributed by atoms with E-state index in [0.29, 0.717) is 41.4 Å². The summed E-state index contributed by atoms with van der Waals surface area (Å²) in [5.74, 6) is -1.21. The molecule has 6 rings (SSSR count). The molecule has 3 N–H and O–H groups in total.